The number of sulfonamides is 1. The molecule has 3 aromatic rings. The van der Waals surface area contributed by atoms with Crippen molar-refractivity contribution in [2.24, 2.45) is 0 Å². The quantitative estimate of drug-likeness (QED) is 0.428. The maximum absolute atomic E-state index is 13.1. The molecule has 37 heavy (non-hydrogen) atoms. The van der Waals surface area contributed by atoms with Crippen LogP contribution in [-0.2, 0) is 10.0 Å². The van der Waals surface area contributed by atoms with Crippen LogP contribution in [-0.4, -0.2) is 57.8 Å². The molecule has 1 unspecified atom stereocenters. The second kappa shape index (κ2) is 11.4. The molecule has 9 heteroatoms. The Bertz CT molecular complexity index is 1300. The summed E-state index contributed by atoms with van der Waals surface area (Å²) in [4.78, 5) is 4.30. The number of para-hydroxylation sites is 2. The molecule has 1 saturated heterocycles. The molecule has 1 heterocycles. The number of nitrogens with zero attached hydrogens (tertiary/aromatic N) is 2. The van der Waals surface area contributed by atoms with Gasteiger partial charge in [-0.25, -0.2) is 8.42 Å². The minimum Gasteiger partial charge on any atom is -0.495 e. The number of aryl methyl sites for hydroxylation is 1. The Morgan fingerprint density at radius 3 is 2.27 bits per heavy atom. The third-order valence-corrected chi connectivity index (χ3v) is 7.78. The molecule has 1 aliphatic rings. The number of ether oxygens (including phenoxy) is 2. The van der Waals surface area contributed by atoms with Crippen molar-refractivity contribution in [2.45, 2.75) is 38.0 Å². The summed E-state index contributed by atoms with van der Waals surface area (Å²) in [7, 11) is -2.19. The van der Waals surface area contributed by atoms with Gasteiger partial charge in [0.15, 0.2) is 0 Å². The summed E-state index contributed by atoms with van der Waals surface area (Å²) < 4.78 is 40.0. The fourth-order valence-electron chi connectivity index (χ4n) is 4.45. The van der Waals surface area contributed by atoms with E-state index in [2.05, 4.69) is 9.62 Å². The number of aliphatic hydroxyl groups excluding tert-OH is 1. The molecule has 0 amide bonds. The summed E-state index contributed by atoms with van der Waals surface area (Å²) >= 11 is 0. The third kappa shape index (κ3) is 6.36. The Morgan fingerprint density at radius 2 is 1.62 bits per heavy atom. The first-order valence-electron chi connectivity index (χ1n) is 12.4. The summed E-state index contributed by atoms with van der Waals surface area (Å²) in [6, 6.07) is 19.5. The molecule has 0 aromatic heterocycles. The minimum atomic E-state index is -3.85. The van der Waals surface area contributed by atoms with Crippen molar-refractivity contribution < 1.29 is 23.0 Å². The Kier molecular flexibility index (Phi) is 8.26. The van der Waals surface area contributed by atoms with E-state index in [1.807, 2.05) is 49.9 Å². The minimum absolute atomic E-state index is 0.0316. The highest BCUT2D eigenvalue weighted by molar-refractivity contribution is 7.92. The average molecular weight is 526 g/mol. The van der Waals surface area contributed by atoms with E-state index in [4.69, 9.17) is 9.47 Å². The maximum atomic E-state index is 13.1. The van der Waals surface area contributed by atoms with Gasteiger partial charge in [-0.2, -0.15) is 0 Å². The molecular formula is C28H35N3O5S. The van der Waals surface area contributed by atoms with E-state index in [0.29, 0.717) is 43.2 Å². The predicted molar refractivity (Wildman–Crippen MR) is 146 cm³/mol. The zero-order valence-electron chi connectivity index (χ0n) is 21.7. The molecule has 8 nitrogen and oxygen atoms in total. The van der Waals surface area contributed by atoms with Crippen LogP contribution in [0, 0.1) is 6.92 Å². The maximum Gasteiger partial charge on any atom is 0.261 e. The number of nitrogens with one attached hydrogen (secondary N) is 1. The highest BCUT2D eigenvalue weighted by Crippen LogP contribution is 2.31. The molecule has 3 aromatic carbocycles. The summed E-state index contributed by atoms with van der Waals surface area (Å²) in [6.07, 6.45) is -0.883. The number of anilines is 2. The number of rotatable bonds is 9. The van der Waals surface area contributed by atoms with Crippen LogP contribution in [0.15, 0.2) is 71.6 Å². The van der Waals surface area contributed by atoms with Crippen LogP contribution in [0.2, 0.25) is 0 Å². The molecule has 0 spiro atoms. The Morgan fingerprint density at radius 1 is 0.946 bits per heavy atom. The van der Waals surface area contributed by atoms with Crippen molar-refractivity contribution in [3.8, 4) is 11.5 Å². The second-order valence-corrected chi connectivity index (χ2v) is 11.1. The third-order valence-electron chi connectivity index (χ3n) is 6.40. The molecule has 0 bridgehead atoms. The molecule has 0 aliphatic carbocycles. The second-order valence-electron chi connectivity index (χ2n) is 9.38. The van der Waals surface area contributed by atoms with Crippen molar-refractivity contribution in [1.82, 2.24) is 4.90 Å². The average Bonchev–Trinajstić information content (AvgIpc) is 2.89. The predicted octanol–water partition coefficient (Wildman–Crippen LogP) is 4.40. The number of hydrogen-bond donors (Lipinski definition) is 2. The van der Waals surface area contributed by atoms with Gasteiger partial charge < -0.3 is 19.5 Å². The van der Waals surface area contributed by atoms with E-state index in [-0.39, 0.29) is 11.0 Å². The molecule has 2 N–H and O–H groups in total. The highest BCUT2D eigenvalue weighted by atomic mass is 32.2. The van der Waals surface area contributed by atoms with Gasteiger partial charge in [0.25, 0.3) is 10.0 Å². The largest absolute Gasteiger partial charge is 0.495 e. The molecular weight excluding hydrogens is 490 g/mol. The van der Waals surface area contributed by atoms with Crippen molar-refractivity contribution in [3.05, 3.63) is 77.9 Å². The van der Waals surface area contributed by atoms with E-state index in [9.17, 15) is 13.5 Å². The topological polar surface area (TPSA) is 91.3 Å². The first kappa shape index (κ1) is 26.8. The standard InChI is InChI=1S/C28H35N3O5S/c1-20(2)36-23-12-10-22(11-13-23)29-37(33,34)24-14-9-21(3)25(19-24)28(32)31-17-15-30(16-18-31)26-7-5-6-8-27(26)35-4/h5-14,19-20,28-29,32H,15-18H2,1-4H3. The van der Waals surface area contributed by atoms with Crippen LogP contribution < -0.4 is 19.1 Å². The Labute approximate surface area is 219 Å². The molecule has 4 rings (SSSR count). The van der Waals surface area contributed by atoms with E-state index < -0.39 is 16.3 Å². The first-order chi connectivity index (χ1) is 17.7. The first-order valence-corrected chi connectivity index (χ1v) is 13.9. The van der Waals surface area contributed by atoms with Crippen LogP contribution >= 0.6 is 0 Å². The number of methoxy groups -OCH3 is 1. The smallest absolute Gasteiger partial charge is 0.261 e. The van der Waals surface area contributed by atoms with Gasteiger partial charge in [0.1, 0.15) is 17.7 Å². The van der Waals surface area contributed by atoms with Gasteiger partial charge in [0.2, 0.25) is 0 Å². The molecule has 1 fully saturated rings. The van der Waals surface area contributed by atoms with Gasteiger partial charge in [-0.05, 0) is 80.4 Å². The molecule has 0 saturated carbocycles. The highest BCUT2D eigenvalue weighted by Gasteiger charge is 2.27. The number of piperazine rings is 1. The van der Waals surface area contributed by atoms with Gasteiger partial charge in [0, 0.05) is 31.9 Å². The molecule has 198 valence electrons. The Balaban J connectivity index is 1.46. The summed E-state index contributed by atoms with van der Waals surface area (Å²) in [5.74, 6) is 1.49. The van der Waals surface area contributed by atoms with Crippen LogP contribution in [0.5, 0.6) is 11.5 Å². The normalized spacial score (nSPS) is 15.5. The van der Waals surface area contributed by atoms with E-state index in [0.717, 1.165) is 17.0 Å². The lowest BCUT2D eigenvalue weighted by Gasteiger charge is -2.39. The summed E-state index contributed by atoms with van der Waals surface area (Å²) in [6.45, 7) is 8.41. The molecule has 1 atom stereocenters. The lowest BCUT2D eigenvalue weighted by atomic mass is 10.1. The lowest BCUT2D eigenvalue weighted by molar-refractivity contribution is -0.00223. The van der Waals surface area contributed by atoms with Gasteiger partial charge >= 0.3 is 0 Å². The van der Waals surface area contributed by atoms with E-state index >= 15 is 0 Å². The van der Waals surface area contributed by atoms with Crippen molar-refractivity contribution in [2.75, 3.05) is 42.9 Å². The number of hydrogen-bond acceptors (Lipinski definition) is 7. The van der Waals surface area contributed by atoms with Crippen molar-refractivity contribution >= 4 is 21.4 Å². The summed E-state index contributed by atoms with van der Waals surface area (Å²) in [5.41, 5.74) is 2.87. The summed E-state index contributed by atoms with van der Waals surface area (Å²) in [5, 5.41) is 11.2. The lowest BCUT2D eigenvalue weighted by Crippen LogP contribution is -2.47. The van der Waals surface area contributed by atoms with E-state index in [1.54, 1.807) is 49.6 Å². The molecule has 1 aliphatic heterocycles. The SMILES string of the molecule is COc1ccccc1N1CCN(C(O)c2cc(S(=O)(=O)Nc3ccc(OC(C)C)cc3)ccc2C)CC1. The fourth-order valence-corrected chi connectivity index (χ4v) is 5.54. The monoisotopic (exact) mass is 525 g/mol. The van der Waals surface area contributed by atoms with E-state index in [1.165, 1.54) is 0 Å². The number of aliphatic hydroxyl groups is 1. The van der Waals surface area contributed by atoms with Gasteiger partial charge in [-0.1, -0.05) is 18.2 Å². The van der Waals surface area contributed by atoms with Crippen LogP contribution in [0.3, 0.4) is 0 Å². The van der Waals surface area contributed by atoms with Gasteiger partial charge in [-0.15, -0.1) is 0 Å². The van der Waals surface area contributed by atoms with Crippen LogP contribution in [0.1, 0.15) is 31.2 Å². The van der Waals surface area contributed by atoms with Crippen LogP contribution in [0.25, 0.3) is 0 Å². The van der Waals surface area contributed by atoms with Crippen LogP contribution in [0.4, 0.5) is 11.4 Å². The zero-order valence-corrected chi connectivity index (χ0v) is 22.5. The Hall–Kier alpha value is -3.27. The fraction of sp³-hybridized carbons (Fsp3) is 0.357. The van der Waals surface area contributed by atoms with Crippen molar-refractivity contribution in [3.63, 3.8) is 0 Å². The molecule has 0 radical (unpaired) electrons. The zero-order chi connectivity index (χ0) is 26.6. The van der Waals surface area contributed by atoms with Gasteiger partial charge in [0.05, 0.1) is 23.8 Å². The number of benzene rings is 3. The van der Waals surface area contributed by atoms with Crippen molar-refractivity contribution in [1.29, 1.82) is 0 Å². The van der Waals surface area contributed by atoms with Gasteiger partial charge in [-0.3, -0.25) is 9.62 Å².